The molecule has 5 rings (SSSR count). The Kier molecular flexibility index (Phi) is 10.4. The summed E-state index contributed by atoms with van der Waals surface area (Å²) >= 11 is 0. The summed E-state index contributed by atoms with van der Waals surface area (Å²) in [7, 11) is 0. The van der Waals surface area contributed by atoms with Gasteiger partial charge in [0.2, 0.25) is 0 Å². The van der Waals surface area contributed by atoms with Gasteiger partial charge in [0.25, 0.3) is 0 Å². The zero-order chi connectivity index (χ0) is 32.1. The first kappa shape index (κ1) is 32.4. The fraction of sp³-hybridized carbons (Fsp3) is 0.429. The molecule has 3 aliphatic rings. The molecule has 238 valence electrons. The number of nitrogens with zero attached hydrogens (tertiary/aromatic N) is 2. The van der Waals surface area contributed by atoms with Gasteiger partial charge < -0.3 is 41.5 Å². The summed E-state index contributed by atoms with van der Waals surface area (Å²) in [4.78, 5) is 19.1. The second kappa shape index (κ2) is 14.4. The molecule has 0 saturated heterocycles. The van der Waals surface area contributed by atoms with E-state index in [1.807, 2.05) is 36.4 Å². The number of ether oxygens (including phenoxy) is 1. The maximum Gasteiger partial charge on any atom is 0.183 e. The van der Waals surface area contributed by atoms with Crippen LogP contribution in [0.4, 0.5) is 0 Å². The molecule has 2 aromatic rings. The molecule has 0 spiro atoms. The molecule has 45 heavy (non-hydrogen) atoms. The summed E-state index contributed by atoms with van der Waals surface area (Å²) in [5, 5.41) is 41.8. The number of aliphatic hydroxyl groups is 3. The molecule has 0 amide bonds. The number of ketones is 1. The molecule has 8 N–H and O–H groups in total. The Morgan fingerprint density at radius 3 is 2.78 bits per heavy atom. The van der Waals surface area contributed by atoms with Crippen molar-refractivity contribution in [2.45, 2.75) is 89.0 Å². The van der Waals surface area contributed by atoms with Crippen LogP contribution >= 0.6 is 0 Å². The lowest BCUT2D eigenvalue weighted by molar-refractivity contribution is -0.121. The highest BCUT2D eigenvalue weighted by molar-refractivity contribution is 5.87. The van der Waals surface area contributed by atoms with Crippen LogP contribution < -0.4 is 16.2 Å². The van der Waals surface area contributed by atoms with Gasteiger partial charge in [0.1, 0.15) is 11.9 Å². The van der Waals surface area contributed by atoms with Crippen molar-refractivity contribution in [3.63, 3.8) is 0 Å². The number of phenols is 1. The molecule has 0 unspecified atom stereocenters. The van der Waals surface area contributed by atoms with Crippen LogP contribution in [0.2, 0.25) is 0 Å². The van der Waals surface area contributed by atoms with E-state index in [-0.39, 0.29) is 43.0 Å². The summed E-state index contributed by atoms with van der Waals surface area (Å²) in [6.45, 7) is 2.50. The Labute approximate surface area is 263 Å². The zero-order valence-electron chi connectivity index (χ0n) is 25.5. The Balaban J connectivity index is 1.32. The third-order valence-corrected chi connectivity index (χ3v) is 8.41. The average Bonchev–Trinajstić information content (AvgIpc) is 3.58. The number of carbonyl (C=O) groups is 1. The number of aliphatic hydroxyl groups excluding tert-OH is 3. The van der Waals surface area contributed by atoms with Gasteiger partial charge in [0, 0.05) is 37.4 Å². The average molecular weight is 615 g/mol. The normalized spacial score (nSPS) is 20.2. The van der Waals surface area contributed by atoms with Gasteiger partial charge in [0.15, 0.2) is 17.7 Å². The number of allylic oxidation sites excluding steroid dienone is 1. The summed E-state index contributed by atoms with van der Waals surface area (Å²) in [5.74, 6) is 6.13. The molecule has 0 aliphatic carbocycles. The van der Waals surface area contributed by atoms with Gasteiger partial charge in [0.05, 0.1) is 30.5 Å². The lowest BCUT2D eigenvalue weighted by atomic mass is 9.92. The van der Waals surface area contributed by atoms with E-state index in [2.05, 4.69) is 16.8 Å². The van der Waals surface area contributed by atoms with Crippen LogP contribution in [-0.4, -0.2) is 62.3 Å². The molecule has 3 heterocycles. The van der Waals surface area contributed by atoms with Crippen LogP contribution in [0.1, 0.15) is 80.0 Å². The molecule has 10 nitrogen and oxygen atoms in total. The molecular formula is C35H42N4O6. The van der Waals surface area contributed by atoms with Crippen LogP contribution in [0.15, 0.2) is 64.4 Å². The third-order valence-electron chi connectivity index (χ3n) is 8.41. The van der Waals surface area contributed by atoms with Crippen molar-refractivity contribution in [2.75, 3.05) is 6.54 Å². The predicted molar refractivity (Wildman–Crippen MR) is 171 cm³/mol. The minimum atomic E-state index is -1.03. The molecule has 10 heteroatoms. The molecule has 4 atom stereocenters. The van der Waals surface area contributed by atoms with E-state index in [4.69, 9.17) is 16.2 Å². The van der Waals surface area contributed by atoms with Gasteiger partial charge >= 0.3 is 0 Å². The maximum atomic E-state index is 12.5. The molecular weight excluding hydrogens is 572 g/mol. The first-order valence-corrected chi connectivity index (χ1v) is 15.5. The molecule has 0 fully saturated rings. The highest BCUT2D eigenvalue weighted by atomic mass is 16.5. The zero-order valence-corrected chi connectivity index (χ0v) is 25.5. The predicted octanol–water partition coefficient (Wildman–Crippen LogP) is 3.04. The Bertz CT molecular complexity index is 1570. The van der Waals surface area contributed by atoms with Crippen molar-refractivity contribution in [2.24, 2.45) is 16.5 Å². The van der Waals surface area contributed by atoms with Crippen molar-refractivity contribution in [1.29, 1.82) is 0 Å². The Morgan fingerprint density at radius 2 is 2.00 bits per heavy atom. The number of Topliss-reactive ketones (excluding diaryl/α,β-unsaturated/α-hetero) is 1. The number of aryl methyl sites for hydroxylation is 1. The van der Waals surface area contributed by atoms with Gasteiger partial charge in [-0.3, -0.25) is 9.79 Å². The maximum absolute atomic E-state index is 12.5. The quantitative estimate of drug-likeness (QED) is 0.155. The number of hydrogen-bond acceptors (Lipinski definition) is 10. The highest BCUT2D eigenvalue weighted by Gasteiger charge is 2.31. The molecule has 2 aromatic carbocycles. The topological polar surface area (TPSA) is 175 Å². The minimum Gasteiger partial charge on any atom is -0.504 e. The SMILES string of the molecule is CCC[C@H](O)C[C@@H](O)CC(=O)CCc1ccc(O)c(O[C@@H]2CC#C[C@H](O)c3ccc(C(N)N)cc3CC3=C4CN2C=C4N=C3)c1. The standard InChI is InChI=1S/C35H42N4O6/c1-2-4-25(40)16-27(42)17-26(41)10-7-21-8-12-32(44)33(13-21)45-34-6-3-5-31(43)28-11-9-22(35(36)37)14-23(28)15-24-18-38-30-20-39(34)19-29(24)30/h8-9,11-14,18,20,25,27,31,34-35,40,42-44H,2,4,6-7,10,15-17,19,36-37H2,1H3/t25-,27+,31-,34+/m0/s1. The van der Waals surface area contributed by atoms with Crippen LogP contribution in [-0.2, 0) is 17.6 Å². The number of nitrogens with two attached hydrogens (primary N) is 2. The van der Waals surface area contributed by atoms with Crippen LogP contribution in [0, 0.1) is 11.8 Å². The number of aromatic hydroxyl groups is 1. The molecule has 2 bridgehead atoms. The van der Waals surface area contributed by atoms with Crippen molar-refractivity contribution in [3.8, 4) is 23.3 Å². The summed E-state index contributed by atoms with van der Waals surface area (Å²) in [6, 6.07) is 10.5. The fourth-order valence-corrected chi connectivity index (χ4v) is 5.94. The van der Waals surface area contributed by atoms with Crippen molar-refractivity contribution in [3.05, 3.63) is 81.7 Å². The van der Waals surface area contributed by atoms with E-state index in [1.165, 1.54) is 6.07 Å². The molecule has 3 aliphatic heterocycles. The fourth-order valence-electron chi connectivity index (χ4n) is 5.94. The smallest absolute Gasteiger partial charge is 0.183 e. The van der Waals surface area contributed by atoms with E-state index in [0.717, 1.165) is 40.0 Å². The number of phenolic OH excluding ortho intramolecular Hbond substituents is 1. The number of hydrogen-bond donors (Lipinski definition) is 6. The number of benzene rings is 2. The number of fused-ring (bicyclic) bond motifs is 2. The summed E-state index contributed by atoms with van der Waals surface area (Å²) in [5.41, 5.74) is 17.9. The van der Waals surface area contributed by atoms with Crippen LogP contribution in [0.3, 0.4) is 0 Å². The van der Waals surface area contributed by atoms with Gasteiger partial charge in [-0.25, -0.2) is 0 Å². The van der Waals surface area contributed by atoms with E-state index in [0.29, 0.717) is 31.4 Å². The van der Waals surface area contributed by atoms with Gasteiger partial charge in [-0.1, -0.05) is 49.5 Å². The lowest BCUT2D eigenvalue weighted by Gasteiger charge is -2.28. The summed E-state index contributed by atoms with van der Waals surface area (Å²) in [6.07, 6.45) is 3.00. The number of rotatable bonds is 12. The van der Waals surface area contributed by atoms with Crippen LogP contribution in [0.25, 0.3) is 0 Å². The largest absolute Gasteiger partial charge is 0.504 e. The van der Waals surface area contributed by atoms with Gasteiger partial charge in [-0.2, -0.15) is 0 Å². The lowest BCUT2D eigenvalue weighted by Crippen LogP contribution is -2.35. The van der Waals surface area contributed by atoms with Crippen LogP contribution in [0.5, 0.6) is 11.5 Å². The number of carbonyl (C=O) groups excluding carboxylic acids is 1. The second-order valence-corrected chi connectivity index (χ2v) is 12.0. The van der Waals surface area contributed by atoms with Crippen molar-refractivity contribution < 1.29 is 30.0 Å². The number of aliphatic imine (C=N–C) groups is 1. The second-order valence-electron chi connectivity index (χ2n) is 12.0. The van der Waals surface area contributed by atoms with Crippen molar-refractivity contribution >= 4 is 12.0 Å². The third kappa shape index (κ3) is 8.00. The Hall–Kier alpha value is -3.98. The van der Waals surface area contributed by atoms with Crippen molar-refractivity contribution in [1.82, 2.24) is 4.90 Å². The summed E-state index contributed by atoms with van der Waals surface area (Å²) < 4.78 is 6.35. The first-order valence-electron chi connectivity index (χ1n) is 15.5. The molecule has 0 aromatic heterocycles. The molecule has 0 radical (unpaired) electrons. The highest BCUT2D eigenvalue weighted by Crippen LogP contribution is 2.36. The molecule has 0 saturated carbocycles. The monoisotopic (exact) mass is 614 g/mol. The van der Waals surface area contributed by atoms with E-state index < -0.39 is 30.7 Å². The Morgan fingerprint density at radius 1 is 1.18 bits per heavy atom. The van der Waals surface area contributed by atoms with Gasteiger partial charge in [-0.05, 0) is 65.6 Å². The van der Waals surface area contributed by atoms with E-state index in [1.54, 1.807) is 18.2 Å². The van der Waals surface area contributed by atoms with E-state index >= 15 is 0 Å². The minimum absolute atomic E-state index is 0.00897. The van der Waals surface area contributed by atoms with Gasteiger partial charge in [-0.15, -0.1) is 0 Å². The first-order chi connectivity index (χ1) is 21.6. The van der Waals surface area contributed by atoms with E-state index in [9.17, 15) is 25.2 Å².